The monoisotopic (exact) mass is 1530 g/mol. The van der Waals surface area contributed by atoms with Crippen LogP contribution < -0.4 is 0 Å². The number of hydrogen-bond acceptors (Lipinski definition) is 14. The minimum Gasteiger partial charge on any atom is -0.463 e. The first-order chi connectivity index (χ1) is 52.2. The van der Waals surface area contributed by atoms with Crippen LogP contribution in [0.3, 0.4) is 0 Å². The van der Waals surface area contributed by atoms with Crippen molar-refractivity contribution in [2.45, 2.75) is 296 Å². The molecule has 0 saturated heterocycles. The number of allylic oxidation sites excluding steroid dienone is 34. The van der Waals surface area contributed by atoms with Gasteiger partial charge in [0.15, 0.2) is 6.10 Å². The zero-order chi connectivity index (χ0) is 78.0. The first kappa shape index (κ1) is 101. The Morgan fingerprint density at radius 3 is 0.776 bits per heavy atom. The summed E-state index contributed by atoms with van der Waals surface area (Å²) < 4.78 is 61.1. The molecule has 0 rings (SSSR count). The Bertz CT molecular complexity index is 2770. The lowest BCUT2D eigenvalue weighted by Gasteiger charge is -2.21. The maximum Gasteiger partial charge on any atom is 0.472 e. The van der Waals surface area contributed by atoms with Crippen molar-refractivity contribution < 1.29 is 75.8 Å². The number of ether oxygens (including phenoxy) is 3. The van der Waals surface area contributed by atoms with Crippen LogP contribution in [-0.2, 0) is 55.8 Å². The molecule has 0 saturated carbocycles. The number of aliphatic hydroxyl groups is 2. The lowest BCUT2D eigenvalue weighted by Crippen LogP contribution is -2.29. The van der Waals surface area contributed by atoms with Gasteiger partial charge >= 0.3 is 33.6 Å². The number of esters is 3. The van der Waals surface area contributed by atoms with Crippen molar-refractivity contribution in [1.29, 1.82) is 0 Å². The molecule has 0 aliphatic heterocycles. The summed E-state index contributed by atoms with van der Waals surface area (Å²) in [6.45, 7) is 2.21. The highest BCUT2D eigenvalue weighted by Gasteiger charge is 2.29. The standard InChI is InChI=1S/C89H142O16P2/c1-4-7-10-13-16-19-22-25-28-31-34-36-38-39-40-41-42-43-45-47-49-51-54-57-60-63-66-69-72-75-87(92)99-78-84(90)79-101-106(95,96)102-80-85(91)81-103-107(97,98)104-83-86(105-89(94)77-74-71-68-65-62-59-56-53-48-33-30-27-24-21-18-15-12-9-6-3)82-100-88(93)76-73-70-67-64-61-58-55-52-50-46-44-37-35-32-29-26-23-20-17-14-11-8-5-2/h7-12,16-21,25-30,34-37,39-40,42-43,46,48,50,53,59,62,68,71,84-86,90-91H,4-6,13-15,22-24,31-33,38,41,44-45,47,49,51-52,54-58,60-61,63-67,69-70,72-83H2,1-3H3,(H,95,96)(H,97,98)/b10-7-,11-8-,12-9-,19-16-,20-17-,21-18-,28-25-,29-26-,30-27-,36-34-,37-35-,40-39-,43-42-,50-46-,53-48-,62-59-,71-68-. The molecule has 4 N–H and O–H groups in total. The van der Waals surface area contributed by atoms with Crippen molar-refractivity contribution >= 4 is 33.6 Å². The maximum absolute atomic E-state index is 13.0. The fraction of sp³-hybridized carbons (Fsp3) is 0.584. The summed E-state index contributed by atoms with van der Waals surface area (Å²) in [5.74, 6) is -1.70. The van der Waals surface area contributed by atoms with Crippen LogP contribution in [0, 0.1) is 0 Å². The average Bonchev–Trinajstić information content (AvgIpc) is 0.907. The van der Waals surface area contributed by atoms with E-state index in [4.69, 9.17) is 32.3 Å². The summed E-state index contributed by atoms with van der Waals surface area (Å²) in [4.78, 5) is 58.7. The molecule has 18 heteroatoms. The SMILES string of the molecule is CC/C=C\C/C=C\C/C=C\C/C=C\C/C=C\C/C=C\CCCCCCCCCCCCC(=O)OCC(O)COP(=O)(O)OCC(O)COP(=O)(O)OCC(COC(=O)CCCCCCCCC/C=C\C/C=C\C/C=C\C/C=C\C/C=C\CC)OC(=O)CC/C=C\C/C=C\C/C=C\C/C=C\C/C=C\C/C=C\CC. The number of unbranched alkanes of at least 4 members (excludes halogenated alkanes) is 17. The number of carbonyl (C=O) groups excluding carboxylic acids is 3. The highest BCUT2D eigenvalue weighted by molar-refractivity contribution is 7.47. The van der Waals surface area contributed by atoms with E-state index >= 15 is 0 Å². The van der Waals surface area contributed by atoms with E-state index in [2.05, 4.69) is 209 Å². The predicted molar refractivity (Wildman–Crippen MR) is 444 cm³/mol. The molecule has 5 atom stereocenters. The minimum atomic E-state index is -4.97. The summed E-state index contributed by atoms with van der Waals surface area (Å²) in [5.41, 5.74) is 0. The highest BCUT2D eigenvalue weighted by atomic mass is 31.2. The van der Waals surface area contributed by atoms with Crippen LogP contribution in [0.2, 0.25) is 0 Å². The van der Waals surface area contributed by atoms with Crippen molar-refractivity contribution in [3.05, 3.63) is 207 Å². The normalized spacial score (nSPS) is 15.0. The Kier molecular flexibility index (Phi) is 75.3. The van der Waals surface area contributed by atoms with Crippen LogP contribution in [0.4, 0.5) is 0 Å². The fourth-order valence-corrected chi connectivity index (χ4v) is 11.6. The fourth-order valence-electron chi connectivity index (χ4n) is 9.98. The Morgan fingerprint density at radius 1 is 0.262 bits per heavy atom. The van der Waals surface area contributed by atoms with Crippen molar-refractivity contribution in [1.82, 2.24) is 0 Å². The highest BCUT2D eigenvalue weighted by Crippen LogP contribution is 2.45. The first-order valence-electron chi connectivity index (χ1n) is 40.4. The summed E-state index contributed by atoms with van der Waals surface area (Å²) in [5, 5.41) is 20.7. The molecule has 0 amide bonds. The summed E-state index contributed by atoms with van der Waals surface area (Å²) in [7, 11) is -9.84. The number of phosphoric acid groups is 2. The maximum atomic E-state index is 13.0. The average molecular weight is 1530 g/mol. The third-order valence-electron chi connectivity index (χ3n) is 16.0. The molecule has 0 aromatic heterocycles. The second-order valence-electron chi connectivity index (χ2n) is 26.1. The Morgan fingerprint density at radius 2 is 0.486 bits per heavy atom. The van der Waals surface area contributed by atoms with E-state index in [1.165, 1.54) is 32.1 Å². The van der Waals surface area contributed by atoms with Gasteiger partial charge in [0.05, 0.1) is 26.4 Å². The second-order valence-corrected chi connectivity index (χ2v) is 29.0. The Balaban J connectivity index is 4.69. The first-order valence-corrected chi connectivity index (χ1v) is 43.4. The van der Waals surface area contributed by atoms with Gasteiger partial charge in [0.25, 0.3) is 0 Å². The lowest BCUT2D eigenvalue weighted by atomic mass is 10.1. The number of aliphatic hydroxyl groups excluding tert-OH is 2. The Hall–Kier alpha value is -5.87. The van der Waals surface area contributed by atoms with E-state index < -0.39 is 91.5 Å². The molecule has 107 heavy (non-hydrogen) atoms. The van der Waals surface area contributed by atoms with Gasteiger partial charge in [-0.2, -0.15) is 0 Å². The molecule has 0 aliphatic carbocycles. The van der Waals surface area contributed by atoms with Crippen LogP contribution in [0.15, 0.2) is 207 Å². The molecule has 0 fully saturated rings. The summed E-state index contributed by atoms with van der Waals surface area (Å²) >= 11 is 0. The smallest absolute Gasteiger partial charge is 0.463 e. The van der Waals surface area contributed by atoms with Crippen LogP contribution in [-0.4, -0.2) is 95.9 Å². The van der Waals surface area contributed by atoms with E-state index in [0.717, 1.165) is 180 Å². The van der Waals surface area contributed by atoms with Gasteiger partial charge in [-0.05, 0) is 154 Å². The molecule has 0 bridgehead atoms. The zero-order valence-corrected chi connectivity index (χ0v) is 67.8. The molecule has 0 radical (unpaired) electrons. The van der Waals surface area contributed by atoms with Crippen molar-refractivity contribution in [3.63, 3.8) is 0 Å². The molecular formula is C89H142O16P2. The van der Waals surface area contributed by atoms with E-state index in [1.807, 2.05) is 18.2 Å². The number of hydrogen-bond donors (Lipinski definition) is 4. The van der Waals surface area contributed by atoms with E-state index in [9.17, 15) is 43.5 Å². The van der Waals surface area contributed by atoms with Crippen molar-refractivity contribution in [3.8, 4) is 0 Å². The third kappa shape index (κ3) is 81.0. The van der Waals surface area contributed by atoms with E-state index in [-0.39, 0.29) is 19.3 Å². The van der Waals surface area contributed by atoms with Crippen LogP contribution >= 0.6 is 15.6 Å². The molecule has 0 heterocycles. The van der Waals surface area contributed by atoms with Crippen LogP contribution in [0.25, 0.3) is 0 Å². The lowest BCUT2D eigenvalue weighted by molar-refractivity contribution is -0.161. The largest absolute Gasteiger partial charge is 0.472 e. The second kappa shape index (κ2) is 79.7. The number of rotatable bonds is 74. The molecule has 5 unspecified atom stereocenters. The quantitative estimate of drug-likeness (QED) is 0.0146. The van der Waals surface area contributed by atoms with Gasteiger partial charge in [-0.15, -0.1) is 0 Å². The molecule has 16 nitrogen and oxygen atoms in total. The number of carbonyl (C=O) groups is 3. The van der Waals surface area contributed by atoms with E-state index in [0.29, 0.717) is 25.7 Å². The van der Waals surface area contributed by atoms with Gasteiger partial charge in [0.1, 0.15) is 25.4 Å². The number of phosphoric ester groups is 2. The topological polar surface area (TPSA) is 231 Å². The van der Waals surface area contributed by atoms with Gasteiger partial charge in [0, 0.05) is 19.3 Å². The molecule has 0 aromatic carbocycles. The summed E-state index contributed by atoms with van der Waals surface area (Å²) in [6, 6.07) is 0. The molecule has 0 aromatic rings. The van der Waals surface area contributed by atoms with E-state index in [1.54, 1.807) is 0 Å². The Labute approximate surface area is 648 Å². The molecule has 604 valence electrons. The molecule has 0 spiro atoms. The molecular weight excluding hydrogens is 1390 g/mol. The van der Waals surface area contributed by atoms with Crippen molar-refractivity contribution in [2.24, 2.45) is 0 Å². The van der Waals surface area contributed by atoms with Crippen LogP contribution in [0.5, 0.6) is 0 Å². The van der Waals surface area contributed by atoms with Crippen LogP contribution in [0.1, 0.15) is 278 Å². The third-order valence-corrected chi connectivity index (χ3v) is 17.9. The summed E-state index contributed by atoms with van der Waals surface area (Å²) in [6.07, 6.45) is 106. The minimum absolute atomic E-state index is 0.0316. The van der Waals surface area contributed by atoms with Gasteiger partial charge in [0.2, 0.25) is 0 Å². The van der Waals surface area contributed by atoms with Gasteiger partial charge in [-0.25, -0.2) is 9.13 Å². The predicted octanol–water partition coefficient (Wildman–Crippen LogP) is 24.1. The van der Waals surface area contributed by atoms with Gasteiger partial charge < -0.3 is 34.2 Å². The van der Waals surface area contributed by atoms with Crippen molar-refractivity contribution in [2.75, 3.05) is 39.6 Å². The zero-order valence-electron chi connectivity index (χ0n) is 66.0. The molecule has 0 aliphatic rings. The van der Waals surface area contributed by atoms with Gasteiger partial charge in [-0.1, -0.05) is 311 Å². The van der Waals surface area contributed by atoms with Gasteiger partial charge in [-0.3, -0.25) is 32.5 Å².